The summed E-state index contributed by atoms with van der Waals surface area (Å²) >= 11 is 0. The maximum Gasteiger partial charge on any atom is 0.244 e. The average molecular weight is 415 g/mol. The summed E-state index contributed by atoms with van der Waals surface area (Å²) in [7, 11) is -3.74. The van der Waals surface area contributed by atoms with Gasteiger partial charge in [-0.3, -0.25) is 0 Å². The first-order valence-electron chi connectivity index (χ1n) is 9.95. The van der Waals surface area contributed by atoms with Crippen LogP contribution >= 0.6 is 0 Å². The van der Waals surface area contributed by atoms with E-state index in [2.05, 4.69) is 4.57 Å². The predicted octanol–water partition coefficient (Wildman–Crippen LogP) is 5.08. The van der Waals surface area contributed by atoms with Gasteiger partial charge in [0.2, 0.25) is 10.0 Å². The van der Waals surface area contributed by atoms with E-state index < -0.39 is 16.1 Å². The van der Waals surface area contributed by atoms with Crippen LogP contribution < -0.4 is 0 Å². The van der Waals surface area contributed by atoms with Gasteiger partial charge in [0.25, 0.3) is 0 Å². The molecule has 30 heavy (non-hydrogen) atoms. The average Bonchev–Trinajstić information content (AvgIpc) is 3.19. The third-order valence-electron chi connectivity index (χ3n) is 5.67. The molecule has 5 heteroatoms. The fraction of sp³-hybridized carbons (Fsp3) is 0.120. The molecule has 4 nitrogen and oxygen atoms in total. The summed E-state index contributed by atoms with van der Waals surface area (Å²) in [6, 6.07) is 28.4. The van der Waals surface area contributed by atoms with Crippen LogP contribution in [0.5, 0.6) is 0 Å². The molecule has 0 N–H and O–H groups in total. The van der Waals surface area contributed by atoms with Gasteiger partial charge in [-0.05, 0) is 48.4 Å². The van der Waals surface area contributed by atoms with Crippen LogP contribution in [0.1, 0.15) is 28.4 Å². The molecule has 1 aromatic heterocycles. The summed E-state index contributed by atoms with van der Waals surface area (Å²) in [6.07, 6.45) is 2.01. The van der Waals surface area contributed by atoms with Crippen molar-refractivity contribution in [2.45, 2.75) is 24.4 Å². The largest absolute Gasteiger partial charge is 0.319 e. The molecule has 150 valence electrons. The van der Waals surface area contributed by atoms with E-state index in [0.717, 1.165) is 28.1 Å². The smallest absolute Gasteiger partial charge is 0.244 e. The Kier molecular flexibility index (Phi) is 4.57. The maximum absolute atomic E-state index is 13.8. The summed E-state index contributed by atoms with van der Waals surface area (Å²) in [4.78, 5) is 0.305. The van der Waals surface area contributed by atoms with Crippen LogP contribution in [0, 0.1) is 6.92 Å². The van der Waals surface area contributed by atoms with Crippen molar-refractivity contribution in [1.29, 1.82) is 0 Å². The van der Waals surface area contributed by atoms with Gasteiger partial charge in [0.1, 0.15) is 0 Å². The Morgan fingerprint density at radius 2 is 1.50 bits per heavy atom. The second-order valence-electron chi connectivity index (χ2n) is 7.61. The van der Waals surface area contributed by atoms with Gasteiger partial charge < -0.3 is 4.57 Å². The lowest BCUT2D eigenvalue weighted by Gasteiger charge is -2.30. The Morgan fingerprint density at radius 3 is 2.27 bits per heavy atom. The highest BCUT2D eigenvalue weighted by molar-refractivity contribution is 7.89. The van der Waals surface area contributed by atoms with E-state index in [1.807, 2.05) is 79.9 Å². The van der Waals surface area contributed by atoms with E-state index in [9.17, 15) is 8.42 Å². The van der Waals surface area contributed by atoms with E-state index in [1.54, 1.807) is 28.6 Å². The van der Waals surface area contributed by atoms with Crippen LogP contribution in [-0.2, 0) is 16.6 Å². The Hall–Kier alpha value is -3.15. The van der Waals surface area contributed by atoms with Gasteiger partial charge in [-0.25, -0.2) is 8.42 Å². The Labute approximate surface area is 177 Å². The number of fused-ring (bicyclic) bond motifs is 3. The third-order valence-corrected chi connectivity index (χ3v) is 7.49. The van der Waals surface area contributed by atoms with Gasteiger partial charge >= 0.3 is 0 Å². The number of aromatic nitrogens is 1. The molecule has 1 aliphatic rings. The number of para-hydroxylation sites is 1. The van der Waals surface area contributed by atoms with Crippen molar-refractivity contribution >= 4 is 10.0 Å². The van der Waals surface area contributed by atoms with Crippen molar-refractivity contribution in [2.24, 2.45) is 0 Å². The fourth-order valence-corrected chi connectivity index (χ4v) is 5.75. The number of hydrogen-bond acceptors (Lipinski definition) is 2. The van der Waals surface area contributed by atoms with E-state index >= 15 is 0 Å². The van der Waals surface area contributed by atoms with Crippen molar-refractivity contribution in [3.05, 3.63) is 120 Å². The van der Waals surface area contributed by atoms with Crippen molar-refractivity contribution in [3.63, 3.8) is 0 Å². The second-order valence-corrected chi connectivity index (χ2v) is 9.50. The topological polar surface area (TPSA) is 42.3 Å². The second kappa shape index (κ2) is 7.27. The minimum absolute atomic E-state index is 0.299. The molecule has 1 atom stereocenters. The van der Waals surface area contributed by atoms with Crippen LogP contribution in [0.2, 0.25) is 0 Å². The van der Waals surface area contributed by atoms with E-state index in [4.69, 9.17) is 0 Å². The molecule has 0 saturated heterocycles. The molecule has 0 bridgehead atoms. The van der Waals surface area contributed by atoms with Gasteiger partial charge in [-0.1, -0.05) is 66.2 Å². The first-order valence-corrected chi connectivity index (χ1v) is 11.4. The molecule has 4 aromatic rings. The Morgan fingerprint density at radius 1 is 0.800 bits per heavy atom. The SMILES string of the molecule is Cc1ccc(C2c3cccn3-c3ccccc3CN2S(=O)(=O)c2ccccc2)cc1. The van der Waals surface area contributed by atoms with Crippen molar-refractivity contribution < 1.29 is 8.42 Å². The Balaban J connectivity index is 1.78. The highest BCUT2D eigenvalue weighted by Gasteiger charge is 2.37. The summed E-state index contributed by atoms with van der Waals surface area (Å²) < 4.78 is 31.4. The molecule has 5 rings (SSSR count). The summed E-state index contributed by atoms with van der Waals surface area (Å²) in [6.45, 7) is 2.33. The van der Waals surface area contributed by atoms with Gasteiger partial charge in [0.05, 0.1) is 10.9 Å². The van der Waals surface area contributed by atoms with E-state index in [0.29, 0.717) is 11.4 Å². The standard InChI is InChI=1S/C25H22N2O2S/c1-19-13-15-20(16-14-19)25-24-12-7-17-26(24)23-11-6-5-8-21(23)18-27(25)30(28,29)22-9-3-2-4-10-22/h2-17,25H,18H2,1H3. The van der Waals surface area contributed by atoms with Crippen LogP contribution in [0.3, 0.4) is 0 Å². The molecule has 0 spiro atoms. The van der Waals surface area contributed by atoms with Crippen molar-refractivity contribution in [1.82, 2.24) is 8.87 Å². The number of benzene rings is 3. The monoisotopic (exact) mass is 414 g/mol. The zero-order chi connectivity index (χ0) is 20.7. The number of aryl methyl sites for hydroxylation is 1. The zero-order valence-electron chi connectivity index (χ0n) is 16.6. The molecule has 0 radical (unpaired) electrons. The van der Waals surface area contributed by atoms with Gasteiger partial charge in [-0.2, -0.15) is 4.31 Å². The summed E-state index contributed by atoms with van der Waals surface area (Å²) in [5, 5.41) is 0. The molecule has 2 heterocycles. The quantitative estimate of drug-likeness (QED) is 0.469. The lowest BCUT2D eigenvalue weighted by Crippen LogP contribution is -2.34. The van der Waals surface area contributed by atoms with Crippen molar-refractivity contribution in [3.8, 4) is 5.69 Å². The van der Waals surface area contributed by atoms with Gasteiger partial charge in [0.15, 0.2) is 0 Å². The number of nitrogens with zero attached hydrogens (tertiary/aromatic N) is 2. The number of rotatable bonds is 3. The molecular formula is C25H22N2O2S. The molecule has 0 amide bonds. The minimum Gasteiger partial charge on any atom is -0.319 e. The molecule has 3 aromatic carbocycles. The normalized spacial score (nSPS) is 16.5. The number of hydrogen-bond donors (Lipinski definition) is 0. The number of sulfonamides is 1. The molecular weight excluding hydrogens is 392 g/mol. The van der Waals surface area contributed by atoms with Crippen LogP contribution in [0.15, 0.2) is 102 Å². The maximum atomic E-state index is 13.8. The van der Waals surface area contributed by atoms with Gasteiger partial charge in [-0.15, -0.1) is 0 Å². The lowest BCUT2D eigenvalue weighted by atomic mass is 10.0. The fourth-order valence-electron chi connectivity index (χ4n) is 4.16. The molecule has 1 aliphatic heterocycles. The Bertz CT molecular complexity index is 1290. The molecule has 0 aliphatic carbocycles. The minimum atomic E-state index is -3.74. The molecule has 0 fully saturated rings. The highest BCUT2D eigenvalue weighted by atomic mass is 32.2. The van der Waals surface area contributed by atoms with Crippen LogP contribution in [0.4, 0.5) is 0 Å². The van der Waals surface area contributed by atoms with E-state index in [-0.39, 0.29) is 0 Å². The molecule has 1 unspecified atom stereocenters. The predicted molar refractivity (Wildman–Crippen MR) is 118 cm³/mol. The highest BCUT2D eigenvalue weighted by Crippen LogP contribution is 2.39. The van der Waals surface area contributed by atoms with Gasteiger partial charge in [0, 0.05) is 24.1 Å². The first-order chi connectivity index (χ1) is 14.6. The lowest BCUT2D eigenvalue weighted by molar-refractivity contribution is 0.353. The third kappa shape index (κ3) is 3.07. The van der Waals surface area contributed by atoms with Crippen LogP contribution in [-0.4, -0.2) is 17.3 Å². The molecule has 0 saturated carbocycles. The summed E-state index contributed by atoms with van der Waals surface area (Å²) in [5.41, 5.74) is 5.02. The van der Waals surface area contributed by atoms with Crippen molar-refractivity contribution in [2.75, 3.05) is 0 Å². The summed E-state index contributed by atoms with van der Waals surface area (Å²) in [5.74, 6) is 0. The zero-order valence-corrected chi connectivity index (χ0v) is 17.5. The van der Waals surface area contributed by atoms with E-state index in [1.165, 1.54) is 0 Å². The first kappa shape index (κ1) is 18.9. The van der Waals surface area contributed by atoms with Crippen LogP contribution in [0.25, 0.3) is 5.69 Å².